The first-order valence-electron chi connectivity index (χ1n) is 8.16. The summed E-state index contributed by atoms with van der Waals surface area (Å²) in [5, 5.41) is 6.75. The zero-order valence-electron chi connectivity index (χ0n) is 14.6. The summed E-state index contributed by atoms with van der Waals surface area (Å²) < 4.78 is 11.3. The van der Waals surface area contributed by atoms with Crippen LogP contribution < -0.4 is 10.6 Å². The summed E-state index contributed by atoms with van der Waals surface area (Å²) in [6.07, 6.45) is 4.31. The molecule has 7 heteroatoms. The van der Waals surface area contributed by atoms with Crippen LogP contribution in [0.3, 0.4) is 0 Å². The van der Waals surface area contributed by atoms with E-state index in [1.165, 1.54) is 0 Å². The molecule has 1 aliphatic rings. The lowest BCUT2D eigenvalue weighted by atomic mass is 9.99. The molecule has 0 aromatic carbocycles. The van der Waals surface area contributed by atoms with Gasteiger partial charge < -0.3 is 19.8 Å². The largest absolute Gasteiger partial charge is 0.444 e. The minimum atomic E-state index is 0.227. The van der Waals surface area contributed by atoms with Gasteiger partial charge in [0.25, 0.3) is 0 Å². The Hall–Kier alpha value is -1.21. The Bertz CT molecular complexity index is 505. The topological polar surface area (TPSA) is 71.7 Å². The Kier molecular flexibility index (Phi) is 6.77. The summed E-state index contributed by atoms with van der Waals surface area (Å²) in [6, 6.07) is 0. The molecule has 0 spiro atoms. The molecule has 6 nitrogen and oxygen atoms in total. The number of hydrogen-bond donors (Lipinski definition) is 2. The summed E-state index contributed by atoms with van der Waals surface area (Å²) in [5.41, 5.74) is 0.928. The van der Waals surface area contributed by atoms with Crippen molar-refractivity contribution in [3.05, 3.63) is 17.3 Å². The van der Waals surface area contributed by atoms with Gasteiger partial charge in [0.05, 0.1) is 5.69 Å². The van der Waals surface area contributed by atoms with Crippen molar-refractivity contribution >= 4 is 17.7 Å². The van der Waals surface area contributed by atoms with E-state index in [0.717, 1.165) is 56.6 Å². The van der Waals surface area contributed by atoms with E-state index in [0.29, 0.717) is 12.4 Å². The van der Waals surface area contributed by atoms with Crippen molar-refractivity contribution in [2.45, 2.75) is 44.9 Å². The zero-order valence-corrected chi connectivity index (χ0v) is 15.4. The molecule has 0 amide bonds. The first-order chi connectivity index (χ1) is 11.1. The molecule has 0 aliphatic carbocycles. The molecule has 0 saturated carbocycles. The molecule has 0 unspecified atom stereocenters. The number of nitrogens with one attached hydrogen (secondary N) is 2. The van der Waals surface area contributed by atoms with Crippen molar-refractivity contribution in [3.8, 4) is 0 Å². The predicted molar refractivity (Wildman–Crippen MR) is 95.1 cm³/mol. The fourth-order valence-corrected chi connectivity index (χ4v) is 3.33. The number of thioether (sulfide) groups is 1. The molecule has 0 radical (unpaired) electrons. The Morgan fingerprint density at radius 1 is 1.30 bits per heavy atom. The number of oxazole rings is 1. The number of hydrogen-bond acceptors (Lipinski definition) is 5. The second-order valence-corrected chi connectivity index (χ2v) is 7.07. The molecular weight excluding hydrogens is 312 g/mol. The highest BCUT2D eigenvalue weighted by molar-refractivity contribution is 8.00. The molecule has 1 fully saturated rings. The molecule has 1 aromatic rings. The fraction of sp³-hybridized carbons (Fsp3) is 0.750. The van der Waals surface area contributed by atoms with Gasteiger partial charge >= 0.3 is 0 Å². The first kappa shape index (κ1) is 18.1. The van der Waals surface area contributed by atoms with Crippen LogP contribution in [0.15, 0.2) is 9.41 Å². The van der Waals surface area contributed by atoms with E-state index in [1.807, 2.05) is 25.6 Å². The van der Waals surface area contributed by atoms with Gasteiger partial charge in [-0.2, -0.15) is 11.8 Å². The van der Waals surface area contributed by atoms with Crippen molar-refractivity contribution in [1.29, 1.82) is 0 Å². The van der Waals surface area contributed by atoms with Gasteiger partial charge in [0.2, 0.25) is 5.89 Å². The summed E-state index contributed by atoms with van der Waals surface area (Å²) in [5.74, 6) is 2.32. The van der Waals surface area contributed by atoms with Crippen molar-refractivity contribution < 1.29 is 9.15 Å². The molecule has 0 atom stereocenters. The predicted octanol–water partition coefficient (Wildman–Crippen LogP) is 2.26. The molecule has 23 heavy (non-hydrogen) atoms. The van der Waals surface area contributed by atoms with Crippen molar-refractivity contribution in [3.63, 3.8) is 0 Å². The molecule has 0 bridgehead atoms. The number of guanidine groups is 1. The van der Waals surface area contributed by atoms with Crippen LogP contribution in [0.1, 0.15) is 37.1 Å². The van der Waals surface area contributed by atoms with Gasteiger partial charge in [-0.25, -0.2) is 9.98 Å². The van der Waals surface area contributed by atoms with Gasteiger partial charge in [-0.1, -0.05) is 0 Å². The lowest BCUT2D eigenvalue weighted by Crippen LogP contribution is -2.47. The summed E-state index contributed by atoms with van der Waals surface area (Å²) in [6.45, 7) is 9.76. The average Bonchev–Trinajstić information content (AvgIpc) is 2.89. The summed E-state index contributed by atoms with van der Waals surface area (Å²) in [7, 11) is 0. The van der Waals surface area contributed by atoms with Crippen molar-refractivity contribution in [1.82, 2.24) is 15.6 Å². The van der Waals surface area contributed by atoms with Crippen LogP contribution in [0.25, 0.3) is 0 Å². The molecule has 130 valence electrons. The lowest BCUT2D eigenvalue weighted by molar-refractivity contribution is 0.0783. The van der Waals surface area contributed by atoms with Gasteiger partial charge in [-0.15, -0.1) is 0 Å². The molecule has 2 rings (SSSR count). The standard InChI is InChI=1S/C16H28N4O2S/c1-5-17-15(18-10-14-20-12(2)13(3)22-14)19-11-16(23-4)6-8-21-9-7-16/h5-11H2,1-4H3,(H2,17,18,19). The second kappa shape index (κ2) is 8.59. The first-order valence-corrected chi connectivity index (χ1v) is 9.39. The number of rotatable bonds is 6. The van der Waals surface area contributed by atoms with E-state index < -0.39 is 0 Å². The minimum absolute atomic E-state index is 0.227. The maximum Gasteiger partial charge on any atom is 0.216 e. The Balaban J connectivity index is 1.95. The van der Waals surface area contributed by atoms with Crippen LogP contribution in [0.2, 0.25) is 0 Å². The van der Waals surface area contributed by atoms with E-state index in [9.17, 15) is 0 Å². The number of nitrogens with zero attached hydrogens (tertiary/aromatic N) is 2. The van der Waals surface area contributed by atoms with Crippen LogP contribution in [0, 0.1) is 13.8 Å². The van der Waals surface area contributed by atoms with Crippen LogP contribution in [-0.2, 0) is 11.3 Å². The third-order valence-electron chi connectivity index (χ3n) is 4.20. The van der Waals surface area contributed by atoms with Gasteiger partial charge in [-0.3, -0.25) is 0 Å². The maximum atomic E-state index is 5.58. The van der Waals surface area contributed by atoms with Gasteiger partial charge in [-0.05, 0) is 39.9 Å². The Labute approximate surface area is 142 Å². The molecular formula is C16H28N4O2S. The lowest BCUT2D eigenvalue weighted by Gasteiger charge is -2.36. The fourth-order valence-electron chi connectivity index (χ4n) is 2.54. The number of aliphatic imine (C=N–C) groups is 1. The van der Waals surface area contributed by atoms with E-state index in [2.05, 4.69) is 33.8 Å². The van der Waals surface area contributed by atoms with E-state index in [1.54, 1.807) is 0 Å². The highest BCUT2D eigenvalue weighted by atomic mass is 32.2. The Morgan fingerprint density at radius 2 is 2.04 bits per heavy atom. The van der Waals surface area contributed by atoms with Crippen molar-refractivity contribution in [2.24, 2.45) is 4.99 Å². The average molecular weight is 340 g/mol. The molecule has 1 aromatic heterocycles. The third kappa shape index (κ3) is 5.14. The second-order valence-electron chi connectivity index (χ2n) is 5.80. The smallest absolute Gasteiger partial charge is 0.216 e. The number of aromatic nitrogens is 1. The number of aryl methyl sites for hydroxylation is 2. The van der Waals surface area contributed by atoms with Crippen molar-refractivity contribution in [2.75, 3.05) is 32.6 Å². The maximum absolute atomic E-state index is 5.58. The van der Waals surface area contributed by atoms with E-state index >= 15 is 0 Å². The van der Waals surface area contributed by atoms with Crippen LogP contribution >= 0.6 is 11.8 Å². The summed E-state index contributed by atoms with van der Waals surface area (Å²) in [4.78, 5) is 8.96. The zero-order chi connectivity index (χ0) is 16.7. The highest BCUT2D eigenvalue weighted by Crippen LogP contribution is 2.32. The quantitative estimate of drug-likeness (QED) is 0.611. The van der Waals surface area contributed by atoms with E-state index in [4.69, 9.17) is 9.15 Å². The Morgan fingerprint density at radius 3 is 2.61 bits per heavy atom. The normalized spacial score (nSPS) is 18.0. The van der Waals surface area contributed by atoms with Gasteiger partial charge in [0, 0.05) is 31.1 Å². The summed E-state index contributed by atoms with van der Waals surface area (Å²) >= 11 is 1.92. The van der Waals surface area contributed by atoms with Crippen LogP contribution in [0.4, 0.5) is 0 Å². The molecule has 2 heterocycles. The number of ether oxygens (including phenoxy) is 1. The molecule has 1 aliphatic heterocycles. The SMILES string of the molecule is CCNC(=NCc1nc(C)c(C)o1)NCC1(SC)CCOCC1. The van der Waals surface area contributed by atoms with Gasteiger partial charge in [0.15, 0.2) is 5.96 Å². The molecule has 2 N–H and O–H groups in total. The van der Waals surface area contributed by atoms with E-state index in [-0.39, 0.29) is 4.75 Å². The van der Waals surface area contributed by atoms with Gasteiger partial charge in [0.1, 0.15) is 12.3 Å². The third-order valence-corrected chi connectivity index (χ3v) is 5.62. The monoisotopic (exact) mass is 340 g/mol. The highest BCUT2D eigenvalue weighted by Gasteiger charge is 2.31. The van der Waals surface area contributed by atoms with Crippen LogP contribution in [0.5, 0.6) is 0 Å². The minimum Gasteiger partial charge on any atom is -0.444 e. The van der Waals surface area contributed by atoms with Crippen LogP contribution in [-0.4, -0.2) is 48.2 Å². The molecule has 1 saturated heterocycles.